The number of nitrogens with zero attached hydrogens (tertiary/aromatic N) is 1. The Labute approximate surface area is 137 Å². The number of amides is 1. The van der Waals surface area contributed by atoms with E-state index in [0.717, 1.165) is 23.2 Å². The van der Waals surface area contributed by atoms with Crippen LogP contribution in [-0.2, 0) is 0 Å². The van der Waals surface area contributed by atoms with Crippen LogP contribution in [0, 0.1) is 0 Å². The lowest BCUT2D eigenvalue weighted by molar-refractivity contribution is 0.0978. The van der Waals surface area contributed by atoms with Gasteiger partial charge in [0.1, 0.15) is 0 Å². The molecule has 2 aliphatic rings. The molecular weight excluding hydrogens is 342 g/mol. The highest BCUT2D eigenvalue weighted by atomic mass is 79.9. The van der Waals surface area contributed by atoms with E-state index in [4.69, 9.17) is 0 Å². The Bertz CT molecular complexity index is 772. The molecule has 0 saturated carbocycles. The molecule has 3 nitrogen and oxygen atoms in total. The molecule has 2 aromatic rings. The Kier molecular flexibility index (Phi) is 3.15. The molecule has 0 spiro atoms. The Hall–Kier alpha value is -1.94. The molecule has 110 valence electrons. The van der Waals surface area contributed by atoms with E-state index in [-0.39, 0.29) is 22.4 Å². The van der Waals surface area contributed by atoms with Gasteiger partial charge in [-0.15, -0.1) is 0 Å². The van der Waals surface area contributed by atoms with E-state index in [2.05, 4.69) is 15.9 Å². The fourth-order valence-electron chi connectivity index (χ4n) is 3.49. The van der Waals surface area contributed by atoms with Crippen LogP contribution in [0.3, 0.4) is 0 Å². The number of alkyl halides is 1. The molecule has 0 bridgehead atoms. The van der Waals surface area contributed by atoms with Gasteiger partial charge in [-0.1, -0.05) is 46.3 Å². The molecule has 4 heteroatoms. The van der Waals surface area contributed by atoms with Crippen molar-refractivity contribution in [3.63, 3.8) is 0 Å². The first-order chi connectivity index (χ1) is 10.7. The first-order valence-electron chi connectivity index (χ1n) is 7.35. The quantitative estimate of drug-likeness (QED) is 0.730. The summed E-state index contributed by atoms with van der Waals surface area (Å²) in [7, 11) is 0. The summed E-state index contributed by atoms with van der Waals surface area (Å²) < 4.78 is 0. The zero-order valence-electron chi connectivity index (χ0n) is 11.8. The molecule has 0 N–H and O–H groups in total. The standard InChI is InChI=1S/C18H14BrNO2/c19-14-9-12-10-20(18(22)11-5-2-1-3-6-11)15-8-4-7-13(16(12)15)17(14)21/h1-8,12,14H,9-10H2/t12-,14-/m0/s1. The molecule has 22 heavy (non-hydrogen) atoms. The fourth-order valence-corrected chi connectivity index (χ4v) is 4.19. The summed E-state index contributed by atoms with van der Waals surface area (Å²) >= 11 is 3.48. The third-order valence-electron chi connectivity index (χ3n) is 4.49. The summed E-state index contributed by atoms with van der Waals surface area (Å²) in [5.74, 6) is 0.366. The Morgan fingerprint density at radius 1 is 1.09 bits per heavy atom. The number of hydrogen-bond donors (Lipinski definition) is 0. The van der Waals surface area contributed by atoms with Crippen molar-refractivity contribution in [2.45, 2.75) is 17.2 Å². The maximum atomic E-state index is 12.8. The highest BCUT2D eigenvalue weighted by Crippen LogP contribution is 2.46. The second-order valence-electron chi connectivity index (χ2n) is 5.78. The molecule has 1 aliphatic heterocycles. The van der Waals surface area contributed by atoms with Crippen molar-refractivity contribution >= 4 is 33.3 Å². The smallest absolute Gasteiger partial charge is 0.258 e. The van der Waals surface area contributed by atoms with E-state index in [1.165, 1.54) is 0 Å². The zero-order valence-corrected chi connectivity index (χ0v) is 13.4. The lowest BCUT2D eigenvalue weighted by Crippen LogP contribution is -2.31. The van der Waals surface area contributed by atoms with Crippen molar-refractivity contribution in [1.82, 2.24) is 0 Å². The van der Waals surface area contributed by atoms with Gasteiger partial charge >= 0.3 is 0 Å². The summed E-state index contributed by atoms with van der Waals surface area (Å²) in [6.07, 6.45) is 0.751. The summed E-state index contributed by atoms with van der Waals surface area (Å²) in [6.45, 7) is 0.648. The molecule has 4 rings (SSSR count). The molecular formula is C18H14BrNO2. The predicted molar refractivity (Wildman–Crippen MR) is 89.0 cm³/mol. The summed E-state index contributed by atoms with van der Waals surface area (Å²) in [5, 5.41) is 0. The van der Waals surface area contributed by atoms with Crippen molar-refractivity contribution in [2.24, 2.45) is 0 Å². The van der Waals surface area contributed by atoms with Gasteiger partial charge in [-0.3, -0.25) is 9.59 Å². The van der Waals surface area contributed by atoms with Crippen LogP contribution in [0.5, 0.6) is 0 Å². The lowest BCUT2D eigenvalue weighted by Gasteiger charge is -2.23. The summed E-state index contributed by atoms with van der Waals surface area (Å²) in [5.41, 5.74) is 3.39. The van der Waals surface area contributed by atoms with Crippen LogP contribution in [0.25, 0.3) is 0 Å². The van der Waals surface area contributed by atoms with E-state index >= 15 is 0 Å². The van der Waals surface area contributed by atoms with E-state index in [0.29, 0.717) is 12.1 Å². The van der Waals surface area contributed by atoms with Crippen molar-refractivity contribution in [2.75, 3.05) is 11.4 Å². The third kappa shape index (κ3) is 1.94. The topological polar surface area (TPSA) is 37.4 Å². The minimum Gasteiger partial charge on any atom is -0.307 e. The van der Waals surface area contributed by atoms with Crippen LogP contribution in [0.2, 0.25) is 0 Å². The molecule has 0 radical (unpaired) electrons. The number of anilines is 1. The van der Waals surface area contributed by atoms with E-state index in [9.17, 15) is 9.59 Å². The number of carbonyl (C=O) groups excluding carboxylic acids is 2. The molecule has 2 atom stereocenters. The second kappa shape index (κ2) is 5.06. The van der Waals surface area contributed by atoms with Crippen LogP contribution in [0.1, 0.15) is 38.6 Å². The van der Waals surface area contributed by atoms with Gasteiger partial charge in [0, 0.05) is 29.3 Å². The Morgan fingerprint density at radius 2 is 1.86 bits per heavy atom. The molecule has 0 saturated heterocycles. The van der Waals surface area contributed by atoms with E-state index < -0.39 is 0 Å². The van der Waals surface area contributed by atoms with Crippen molar-refractivity contribution in [1.29, 1.82) is 0 Å². The SMILES string of the molecule is O=C1c2cccc3c2[C@@H](C[C@@H]1Br)CN3C(=O)c1ccccc1. The van der Waals surface area contributed by atoms with E-state index in [1.54, 1.807) is 0 Å². The maximum Gasteiger partial charge on any atom is 0.258 e. The van der Waals surface area contributed by atoms with Crippen LogP contribution in [0.4, 0.5) is 5.69 Å². The first kappa shape index (κ1) is 13.7. The van der Waals surface area contributed by atoms with Crippen LogP contribution >= 0.6 is 15.9 Å². The molecule has 1 amide bonds. The van der Waals surface area contributed by atoms with Crippen LogP contribution < -0.4 is 4.90 Å². The van der Waals surface area contributed by atoms with E-state index in [1.807, 2.05) is 53.4 Å². The normalized spacial score (nSPS) is 22.6. The molecule has 0 unspecified atom stereocenters. The van der Waals surface area contributed by atoms with Crippen molar-refractivity contribution < 1.29 is 9.59 Å². The molecule has 2 aromatic carbocycles. The molecule has 0 fully saturated rings. The number of Topliss-reactive ketones (excluding diaryl/α,β-unsaturated/α-hetero) is 1. The third-order valence-corrected chi connectivity index (χ3v) is 5.28. The number of rotatable bonds is 1. The Balaban J connectivity index is 1.79. The fraction of sp³-hybridized carbons (Fsp3) is 0.222. The van der Waals surface area contributed by atoms with Crippen LogP contribution in [0.15, 0.2) is 48.5 Å². The number of benzene rings is 2. The van der Waals surface area contributed by atoms with Gasteiger partial charge in [-0.05, 0) is 30.2 Å². The van der Waals surface area contributed by atoms with Gasteiger partial charge < -0.3 is 4.90 Å². The first-order valence-corrected chi connectivity index (χ1v) is 8.26. The minimum atomic E-state index is -0.146. The van der Waals surface area contributed by atoms with Gasteiger partial charge in [0.25, 0.3) is 5.91 Å². The van der Waals surface area contributed by atoms with Gasteiger partial charge in [0.05, 0.1) is 4.83 Å². The predicted octanol–water partition coefficient (Wildman–Crippen LogP) is 3.78. The largest absolute Gasteiger partial charge is 0.307 e. The number of halogens is 1. The minimum absolute atomic E-state index is 0.00183. The highest BCUT2D eigenvalue weighted by molar-refractivity contribution is 9.10. The molecule has 0 aromatic heterocycles. The molecule has 1 heterocycles. The van der Waals surface area contributed by atoms with Crippen molar-refractivity contribution in [3.8, 4) is 0 Å². The monoisotopic (exact) mass is 355 g/mol. The lowest BCUT2D eigenvalue weighted by atomic mass is 9.83. The van der Waals surface area contributed by atoms with Crippen molar-refractivity contribution in [3.05, 3.63) is 65.2 Å². The molecule has 1 aliphatic carbocycles. The number of hydrogen-bond acceptors (Lipinski definition) is 2. The van der Waals surface area contributed by atoms with Gasteiger partial charge in [-0.2, -0.15) is 0 Å². The summed E-state index contributed by atoms with van der Waals surface area (Å²) in [4.78, 5) is 26.8. The maximum absolute atomic E-state index is 12.8. The average Bonchev–Trinajstić information content (AvgIpc) is 2.92. The highest BCUT2D eigenvalue weighted by Gasteiger charge is 2.41. The number of ketones is 1. The van der Waals surface area contributed by atoms with Gasteiger partial charge in [-0.25, -0.2) is 0 Å². The zero-order chi connectivity index (χ0) is 15.3. The number of carbonyl (C=O) groups is 2. The second-order valence-corrected chi connectivity index (χ2v) is 6.89. The average molecular weight is 356 g/mol. The van der Waals surface area contributed by atoms with Crippen LogP contribution in [-0.4, -0.2) is 23.1 Å². The Morgan fingerprint density at radius 3 is 2.64 bits per heavy atom. The van der Waals surface area contributed by atoms with Gasteiger partial charge in [0.2, 0.25) is 0 Å². The summed E-state index contributed by atoms with van der Waals surface area (Å²) in [6, 6.07) is 15.0. The van der Waals surface area contributed by atoms with Gasteiger partial charge in [0.15, 0.2) is 5.78 Å².